The van der Waals surface area contributed by atoms with Crippen LogP contribution >= 0.6 is 0 Å². The fourth-order valence-electron chi connectivity index (χ4n) is 10.6. The summed E-state index contributed by atoms with van der Waals surface area (Å²) in [5, 5.41) is 17.2. The lowest BCUT2D eigenvalue weighted by molar-refractivity contribution is 0.0435. The Balaban J connectivity index is 1.17. The first-order valence-corrected chi connectivity index (χ1v) is 30.1. The van der Waals surface area contributed by atoms with Crippen molar-refractivity contribution in [2.45, 2.75) is 86.2 Å². The minimum absolute atomic E-state index is 0.169. The van der Waals surface area contributed by atoms with Gasteiger partial charge in [-0.3, -0.25) is 5.01 Å². The third kappa shape index (κ3) is 17.7. The maximum Gasteiger partial charge on any atom is 0.203 e. The maximum atomic E-state index is 8.91. The van der Waals surface area contributed by atoms with Gasteiger partial charge in [0.05, 0.1) is 94.5 Å². The van der Waals surface area contributed by atoms with Gasteiger partial charge in [0.2, 0.25) is 5.36 Å². The fourth-order valence-corrected chi connectivity index (χ4v) is 10.6. The van der Waals surface area contributed by atoms with Crippen LogP contribution in [0.2, 0.25) is 0 Å². The minimum atomic E-state index is -0.257. The first-order valence-electron chi connectivity index (χ1n) is 30.1. The second kappa shape index (κ2) is 30.1. The van der Waals surface area contributed by atoms with Crippen LogP contribution in [0.15, 0.2) is 111 Å². The number of nitrogens with zero attached hydrogens (tertiary/aromatic N) is 11. The van der Waals surface area contributed by atoms with Crippen molar-refractivity contribution in [3.63, 3.8) is 0 Å². The Morgan fingerprint density at radius 3 is 1.71 bits per heavy atom. The minimum Gasteiger partial charge on any atom is -0.490 e. The van der Waals surface area contributed by atoms with Crippen LogP contribution in [0.5, 0.6) is 11.5 Å². The highest BCUT2D eigenvalue weighted by molar-refractivity contribution is 6.03. The highest BCUT2D eigenvalue weighted by Crippen LogP contribution is 2.42. The molecule has 1 aliphatic carbocycles. The van der Waals surface area contributed by atoms with Crippen LogP contribution in [-0.2, 0) is 18.9 Å². The van der Waals surface area contributed by atoms with Gasteiger partial charge in [0.15, 0.2) is 0 Å². The van der Waals surface area contributed by atoms with Crippen molar-refractivity contribution in [2.24, 2.45) is 15.5 Å². The van der Waals surface area contributed by atoms with Crippen molar-refractivity contribution in [1.29, 1.82) is 0 Å². The molecule has 18 heteroatoms. The molecule has 0 N–H and O–H groups in total. The van der Waals surface area contributed by atoms with Crippen LogP contribution in [0.25, 0.3) is 43.9 Å². The van der Waals surface area contributed by atoms with E-state index in [4.69, 9.17) is 38.4 Å². The predicted octanol–water partition coefficient (Wildman–Crippen LogP) is 12.0. The number of ether oxygens (including phenoxy) is 6. The van der Waals surface area contributed by atoms with Gasteiger partial charge in [0.1, 0.15) is 49.6 Å². The van der Waals surface area contributed by atoms with Gasteiger partial charge in [-0.25, -0.2) is 4.58 Å². The topological polar surface area (TPSA) is 161 Å². The molecular weight excluding hydrogens is 1060 g/mol. The Morgan fingerprint density at radius 1 is 0.607 bits per heavy atom. The van der Waals surface area contributed by atoms with Crippen LogP contribution in [0.4, 0.5) is 22.7 Å². The van der Waals surface area contributed by atoms with E-state index in [2.05, 4.69) is 217 Å². The number of azide groups is 1. The van der Waals surface area contributed by atoms with E-state index in [1.54, 1.807) is 0 Å². The highest BCUT2D eigenvalue weighted by atomic mass is 16.5. The van der Waals surface area contributed by atoms with Crippen molar-refractivity contribution in [2.75, 3.05) is 165 Å². The Hall–Kier alpha value is -7.08. The number of rotatable bonds is 12. The van der Waals surface area contributed by atoms with Crippen LogP contribution in [0.1, 0.15) is 71.1 Å². The molecule has 18 nitrogen and oxygen atoms in total. The summed E-state index contributed by atoms with van der Waals surface area (Å²) in [7, 11) is 4.20. The van der Waals surface area contributed by atoms with Crippen molar-refractivity contribution in [1.82, 2.24) is 9.58 Å². The Kier molecular flexibility index (Phi) is 22.6. The first-order chi connectivity index (χ1) is 40.4. The number of benzene rings is 5. The van der Waals surface area contributed by atoms with E-state index in [9.17, 15) is 0 Å². The maximum absolute atomic E-state index is 8.91. The summed E-state index contributed by atoms with van der Waals surface area (Å²) in [6.45, 7) is 30.8. The molecule has 0 amide bonds. The lowest BCUT2D eigenvalue weighted by Crippen LogP contribution is -2.39. The molecule has 0 radical (unpaired) electrons. The van der Waals surface area contributed by atoms with Crippen LogP contribution in [-0.4, -0.2) is 162 Å². The lowest BCUT2D eigenvalue weighted by atomic mass is 9.92. The van der Waals surface area contributed by atoms with E-state index in [0.717, 1.165) is 122 Å². The van der Waals surface area contributed by atoms with Gasteiger partial charge >= 0.3 is 0 Å². The monoisotopic (exact) mass is 1150 g/mol. The number of aryl methyl sites for hydroxylation is 3. The third-order valence-electron chi connectivity index (χ3n) is 15.2. The normalized spacial score (nSPS) is 16.3. The molecule has 0 atom stereocenters. The fraction of sp³-hybridized carbons (Fsp3) is 0.530. The van der Waals surface area contributed by atoms with E-state index in [1.165, 1.54) is 0 Å². The standard InChI is InChI=1S/C66H92N11O7/c1-49-14-21-58-62(44-49)82-38-32-74(33-39-83-63-45-50(2)15-22-59(63)76-30-36-80-42-40-78-34-28-75(58)29-35-79-41-43-81-37-31-76)57-23-16-52(46-51(57)3)64-55-19-17-53(72(10)25-12-24-68-70-67)47-60(55)84-61-48-54(18-20-56(61)64)73(11)26-13-27-77(66(7,8)9)71-69-65(4,5)6/h14-23,44-48H,12-13,24-43H2,1-11H3/q+1. The summed E-state index contributed by atoms with van der Waals surface area (Å²) in [6.07, 6.45) is 1.62. The molecule has 452 valence electrons. The first kappa shape index (κ1) is 63.0. The molecule has 9 rings (SSSR count). The largest absolute Gasteiger partial charge is 0.490 e. The molecule has 4 aromatic rings. The Morgan fingerprint density at radius 2 is 1.17 bits per heavy atom. The summed E-state index contributed by atoms with van der Waals surface area (Å²) >= 11 is 0. The molecule has 0 unspecified atom stereocenters. The molecule has 1 fully saturated rings. The summed E-state index contributed by atoms with van der Waals surface area (Å²) in [5.41, 5.74) is 19.9. The quantitative estimate of drug-likeness (QED) is 0.0167. The molecular formula is C66H92N11O7+. The molecule has 5 aliphatic rings. The second-order valence-electron chi connectivity index (χ2n) is 24.0. The summed E-state index contributed by atoms with van der Waals surface area (Å²) < 4.78 is 47.6. The van der Waals surface area contributed by atoms with Gasteiger partial charge in [0, 0.05) is 104 Å². The molecule has 4 heterocycles. The van der Waals surface area contributed by atoms with E-state index in [1.807, 2.05) is 0 Å². The third-order valence-corrected chi connectivity index (χ3v) is 15.2. The van der Waals surface area contributed by atoms with Crippen molar-refractivity contribution in [3.05, 3.63) is 123 Å². The smallest absolute Gasteiger partial charge is 0.203 e. The second-order valence-corrected chi connectivity index (χ2v) is 24.0. The number of hydrogen-bond donors (Lipinski definition) is 0. The van der Waals surface area contributed by atoms with Crippen LogP contribution in [0, 0.1) is 20.8 Å². The zero-order valence-corrected chi connectivity index (χ0v) is 52.0. The summed E-state index contributed by atoms with van der Waals surface area (Å²) in [5.74, 6) is 2.44. The van der Waals surface area contributed by atoms with Crippen LogP contribution < -0.4 is 39.0 Å². The van der Waals surface area contributed by atoms with Crippen LogP contribution in [0.3, 0.4) is 0 Å². The average Bonchev–Trinajstić information content (AvgIpc) is 1.01. The van der Waals surface area contributed by atoms with E-state index < -0.39 is 0 Å². The Labute approximate surface area is 498 Å². The molecule has 1 saturated heterocycles. The van der Waals surface area contributed by atoms with Crippen molar-refractivity contribution in [3.8, 4) is 33.9 Å². The highest BCUT2D eigenvalue weighted by Gasteiger charge is 2.25. The van der Waals surface area contributed by atoms with Gasteiger partial charge in [0.25, 0.3) is 0 Å². The van der Waals surface area contributed by atoms with E-state index in [0.29, 0.717) is 112 Å². The Bertz CT molecular complexity index is 3120. The number of anilines is 4. The van der Waals surface area contributed by atoms with Gasteiger partial charge < -0.3 is 52.4 Å². The average molecular weight is 1150 g/mol. The lowest BCUT2D eigenvalue weighted by Gasteiger charge is -2.32. The summed E-state index contributed by atoms with van der Waals surface area (Å²) in [4.78, 5) is 12.1. The molecule has 4 aromatic carbocycles. The zero-order chi connectivity index (χ0) is 59.6. The number of hydrogen-bond acceptors (Lipinski definition) is 14. The SMILES string of the molecule is Cc1ccc2c(c1)OCCN(c1ccc(-c3c4ccc(=[N+](C)CCCN(N=NC(C)(C)C)C(C)(C)C)cc-4oc4cc(N(C)CCCN=[N+]=[N-])ccc34)cc1C)CCOc1cc(C)ccc1N1CCOCCOCCN2CCOCCOCC1. The van der Waals surface area contributed by atoms with E-state index >= 15 is 0 Å². The molecule has 0 spiro atoms. The molecule has 0 aromatic heterocycles. The predicted molar refractivity (Wildman–Crippen MR) is 340 cm³/mol. The number of fused-ring (bicyclic) bond motifs is 22. The van der Waals surface area contributed by atoms with Gasteiger partial charge in [-0.05, 0) is 151 Å². The summed E-state index contributed by atoms with van der Waals surface area (Å²) in [6, 6.07) is 32.7. The van der Waals surface area contributed by atoms with Gasteiger partial charge in [-0.2, -0.15) is 5.11 Å². The van der Waals surface area contributed by atoms with E-state index in [-0.39, 0.29) is 11.1 Å². The molecule has 2 bridgehead atoms. The molecule has 0 saturated carbocycles. The zero-order valence-electron chi connectivity index (χ0n) is 52.0. The molecule has 4 aliphatic heterocycles. The van der Waals surface area contributed by atoms with Crippen molar-refractivity contribution < 1.29 is 32.8 Å². The van der Waals surface area contributed by atoms with Crippen molar-refractivity contribution >= 4 is 33.7 Å². The van der Waals surface area contributed by atoms with Gasteiger partial charge in [-0.1, -0.05) is 28.5 Å². The van der Waals surface area contributed by atoms with Gasteiger partial charge in [-0.15, -0.1) is 0 Å². The molecule has 84 heavy (non-hydrogen) atoms.